The number of urea groups is 1. The fraction of sp³-hybridized carbons (Fsp3) is 0.375. The molecule has 0 saturated carbocycles. The van der Waals surface area contributed by atoms with Gasteiger partial charge in [0.15, 0.2) is 0 Å². The van der Waals surface area contributed by atoms with E-state index in [9.17, 15) is 14.4 Å². The monoisotopic (exact) mass is 407 g/mol. The van der Waals surface area contributed by atoms with Crippen molar-refractivity contribution in [3.63, 3.8) is 0 Å². The SMILES string of the molecule is CC(C)(C)c1ccc(C2(C)NC(=O)N(CC(=O)NCCc3ccccc3)C2=O)cc1. The third-order valence-corrected chi connectivity index (χ3v) is 5.48. The van der Waals surface area contributed by atoms with Gasteiger partial charge in [0.2, 0.25) is 5.91 Å². The van der Waals surface area contributed by atoms with Crippen molar-refractivity contribution in [1.29, 1.82) is 0 Å². The summed E-state index contributed by atoms with van der Waals surface area (Å²) in [6.07, 6.45) is 0.685. The third-order valence-electron chi connectivity index (χ3n) is 5.48. The van der Waals surface area contributed by atoms with Crippen molar-refractivity contribution in [2.45, 2.75) is 45.1 Å². The molecule has 0 radical (unpaired) electrons. The number of benzene rings is 2. The minimum absolute atomic E-state index is 0.00770. The first-order chi connectivity index (χ1) is 14.1. The van der Waals surface area contributed by atoms with E-state index in [0.29, 0.717) is 18.5 Å². The molecule has 30 heavy (non-hydrogen) atoms. The fourth-order valence-corrected chi connectivity index (χ4v) is 3.53. The molecule has 0 aliphatic carbocycles. The van der Waals surface area contributed by atoms with Crippen LogP contribution in [0.1, 0.15) is 44.4 Å². The molecular weight excluding hydrogens is 378 g/mol. The lowest BCUT2D eigenvalue weighted by Gasteiger charge is -2.24. The average molecular weight is 408 g/mol. The minimum atomic E-state index is -1.18. The Morgan fingerprint density at radius 3 is 2.27 bits per heavy atom. The van der Waals surface area contributed by atoms with Crippen LogP contribution in [0.15, 0.2) is 54.6 Å². The average Bonchev–Trinajstić information content (AvgIpc) is 2.92. The summed E-state index contributed by atoms with van der Waals surface area (Å²) in [5.41, 5.74) is 1.76. The van der Waals surface area contributed by atoms with Gasteiger partial charge in [0.25, 0.3) is 5.91 Å². The van der Waals surface area contributed by atoms with Crippen LogP contribution in [0.5, 0.6) is 0 Å². The van der Waals surface area contributed by atoms with Gasteiger partial charge >= 0.3 is 6.03 Å². The van der Waals surface area contributed by atoms with Gasteiger partial charge in [0.05, 0.1) is 0 Å². The third kappa shape index (κ3) is 4.53. The molecular formula is C24H29N3O3. The molecule has 1 aliphatic rings. The van der Waals surface area contributed by atoms with Gasteiger partial charge in [-0.1, -0.05) is 75.4 Å². The Morgan fingerprint density at radius 2 is 1.67 bits per heavy atom. The van der Waals surface area contributed by atoms with E-state index in [0.717, 1.165) is 16.0 Å². The molecule has 4 amide bonds. The second kappa shape index (κ2) is 8.30. The Hall–Kier alpha value is -3.15. The second-order valence-corrected chi connectivity index (χ2v) is 8.86. The van der Waals surface area contributed by atoms with Gasteiger partial charge in [-0.3, -0.25) is 14.5 Å². The van der Waals surface area contributed by atoms with Gasteiger partial charge in [-0.15, -0.1) is 0 Å². The van der Waals surface area contributed by atoms with Crippen LogP contribution >= 0.6 is 0 Å². The van der Waals surface area contributed by atoms with E-state index in [1.165, 1.54) is 0 Å². The van der Waals surface area contributed by atoms with E-state index in [4.69, 9.17) is 0 Å². The maximum absolute atomic E-state index is 13.0. The standard InChI is InChI=1S/C24H29N3O3/c1-23(2,3)18-10-12-19(13-11-18)24(4)21(29)27(22(30)26-24)16-20(28)25-15-14-17-8-6-5-7-9-17/h5-13H,14-16H2,1-4H3,(H,25,28)(H,26,30). The first-order valence-electron chi connectivity index (χ1n) is 10.2. The zero-order valence-corrected chi connectivity index (χ0v) is 18.0. The molecule has 1 saturated heterocycles. The van der Waals surface area contributed by atoms with E-state index < -0.39 is 17.5 Å². The van der Waals surface area contributed by atoms with Crippen molar-refractivity contribution in [2.75, 3.05) is 13.1 Å². The first-order valence-corrected chi connectivity index (χ1v) is 10.2. The van der Waals surface area contributed by atoms with Crippen LogP contribution in [0.25, 0.3) is 0 Å². The van der Waals surface area contributed by atoms with Crippen molar-refractivity contribution >= 4 is 17.8 Å². The predicted octanol–water partition coefficient (Wildman–Crippen LogP) is 3.11. The molecule has 2 aromatic carbocycles. The molecule has 0 aromatic heterocycles. The molecule has 0 spiro atoms. The normalized spacial score (nSPS) is 19.0. The van der Waals surface area contributed by atoms with Crippen LogP contribution in [0.2, 0.25) is 0 Å². The molecule has 1 heterocycles. The highest BCUT2D eigenvalue weighted by Crippen LogP contribution is 2.31. The molecule has 1 fully saturated rings. The summed E-state index contributed by atoms with van der Waals surface area (Å²) in [7, 11) is 0. The number of amides is 4. The highest BCUT2D eigenvalue weighted by atomic mass is 16.2. The number of hydrogen-bond donors (Lipinski definition) is 2. The lowest BCUT2D eigenvalue weighted by Crippen LogP contribution is -2.43. The van der Waals surface area contributed by atoms with E-state index in [2.05, 4.69) is 31.4 Å². The smallest absolute Gasteiger partial charge is 0.325 e. The van der Waals surface area contributed by atoms with Gasteiger partial charge < -0.3 is 10.6 Å². The molecule has 2 aromatic rings. The van der Waals surface area contributed by atoms with E-state index >= 15 is 0 Å². The summed E-state index contributed by atoms with van der Waals surface area (Å²) in [6.45, 7) is 8.17. The van der Waals surface area contributed by atoms with Crippen molar-refractivity contribution in [2.24, 2.45) is 0 Å². The molecule has 1 unspecified atom stereocenters. The predicted molar refractivity (Wildman–Crippen MR) is 116 cm³/mol. The Labute approximate surface area is 177 Å². The van der Waals surface area contributed by atoms with Gasteiger partial charge in [0.1, 0.15) is 12.1 Å². The highest BCUT2D eigenvalue weighted by Gasteiger charge is 2.49. The van der Waals surface area contributed by atoms with Gasteiger partial charge in [-0.2, -0.15) is 0 Å². The van der Waals surface area contributed by atoms with Crippen LogP contribution in [-0.4, -0.2) is 35.8 Å². The number of imide groups is 1. The van der Waals surface area contributed by atoms with Crippen molar-refractivity contribution in [3.05, 3.63) is 71.3 Å². The fourth-order valence-electron chi connectivity index (χ4n) is 3.53. The zero-order chi connectivity index (χ0) is 21.9. The second-order valence-electron chi connectivity index (χ2n) is 8.86. The molecule has 2 N–H and O–H groups in total. The lowest BCUT2D eigenvalue weighted by atomic mass is 9.84. The van der Waals surface area contributed by atoms with Crippen LogP contribution in [0.3, 0.4) is 0 Å². The Bertz CT molecular complexity index is 932. The Kier molecular flexibility index (Phi) is 5.97. The van der Waals surface area contributed by atoms with E-state index in [1.54, 1.807) is 6.92 Å². The Balaban J connectivity index is 1.63. The summed E-state index contributed by atoms with van der Waals surface area (Å²) >= 11 is 0. The van der Waals surface area contributed by atoms with Crippen LogP contribution in [0, 0.1) is 0 Å². The number of nitrogens with one attached hydrogen (secondary N) is 2. The largest absolute Gasteiger partial charge is 0.354 e. The van der Waals surface area contributed by atoms with Crippen LogP contribution in [0.4, 0.5) is 4.79 Å². The quantitative estimate of drug-likeness (QED) is 0.722. The van der Waals surface area contributed by atoms with Crippen molar-refractivity contribution in [1.82, 2.24) is 15.5 Å². The maximum Gasteiger partial charge on any atom is 0.325 e. The number of hydrogen-bond acceptors (Lipinski definition) is 3. The van der Waals surface area contributed by atoms with Gasteiger partial charge in [0, 0.05) is 6.54 Å². The minimum Gasteiger partial charge on any atom is -0.354 e. The number of carbonyl (C=O) groups is 3. The molecule has 1 atom stereocenters. The number of nitrogens with zero attached hydrogens (tertiary/aromatic N) is 1. The Morgan fingerprint density at radius 1 is 1.03 bits per heavy atom. The summed E-state index contributed by atoms with van der Waals surface area (Å²) in [5.74, 6) is -0.782. The lowest BCUT2D eigenvalue weighted by molar-refractivity contribution is -0.134. The molecule has 3 rings (SSSR count). The number of rotatable bonds is 6. The maximum atomic E-state index is 13.0. The zero-order valence-electron chi connectivity index (χ0n) is 18.0. The molecule has 1 aliphatic heterocycles. The highest BCUT2D eigenvalue weighted by molar-refractivity contribution is 6.09. The summed E-state index contributed by atoms with van der Waals surface area (Å²) in [5, 5.41) is 5.53. The summed E-state index contributed by atoms with van der Waals surface area (Å²) in [4.78, 5) is 38.7. The summed E-state index contributed by atoms with van der Waals surface area (Å²) in [6, 6.07) is 16.9. The van der Waals surface area contributed by atoms with Gasteiger partial charge in [-0.25, -0.2) is 4.79 Å². The number of carbonyl (C=O) groups excluding carboxylic acids is 3. The van der Waals surface area contributed by atoms with Crippen LogP contribution < -0.4 is 10.6 Å². The summed E-state index contributed by atoms with van der Waals surface area (Å²) < 4.78 is 0. The van der Waals surface area contributed by atoms with Gasteiger partial charge in [-0.05, 0) is 35.4 Å². The topological polar surface area (TPSA) is 78.5 Å². The van der Waals surface area contributed by atoms with E-state index in [1.807, 2.05) is 54.6 Å². The molecule has 0 bridgehead atoms. The van der Waals surface area contributed by atoms with Crippen LogP contribution in [-0.2, 0) is 27.0 Å². The van der Waals surface area contributed by atoms with Crippen molar-refractivity contribution in [3.8, 4) is 0 Å². The first kappa shape index (κ1) is 21.6. The van der Waals surface area contributed by atoms with E-state index in [-0.39, 0.29) is 17.9 Å². The van der Waals surface area contributed by atoms with Crippen molar-refractivity contribution < 1.29 is 14.4 Å². The molecule has 158 valence electrons. The molecule has 6 heteroatoms. The molecule has 6 nitrogen and oxygen atoms in total.